The van der Waals surface area contributed by atoms with Gasteiger partial charge in [0.1, 0.15) is 0 Å². The summed E-state index contributed by atoms with van der Waals surface area (Å²) in [4.78, 5) is 23.6. The maximum absolute atomic E-state index is 11.7. The third-order valence-corrected chi connectivity index (χ3v) is 4.67. The summed E-state index contributed by atoms with van der Waals surface area (Å²) in [7, 11) is 0. The van der Waals surface area contributed by atoms with Gasteiger partial charge in [-0.2, -0.15) is 5.10 Å². The Morgan fingerprint density at radius 1 is 1.21 bits per heavy atom. The van der Waals surface area contributed by atoms with E-state index in [1.807, 2.05) is 35.1 Å². The number of aromatic amines is 1. The van der Waals surface area contributed by atoms with E-state index in [0.29, 0.717) is 19.1 Å². The van der Waals surface area contributed by atoms with Crippen LogP contribution in [0.25, 0.3) is 11.0 Å². The van der Waals surface area contributed by atoms with Crippen LogP contribution in [0.5, 0.6) is 0 Å². The maximum Gasteiger partial charge on any atom is 0.322 e. The molecule has 122 valence electrons. The summed E-state index contributed by atoms with van der Waals surface area (Å²) in [6.07, 6.45) is 3.71. The molecule has 0 unspecified atom stereocenters. The van der Waals surface area contributed by atoms with Gasteiger partial charge in [-0.1, -0.05) is 12.1 Å². The number of carbonyl (C=O) groups excluding carboxylic acids is 1. The largest absolute Gasteiger partial charge is 0.338 e. The number of carbonyl (C=O) groups is 1. The van der Waals surface area contributed by atoms with E-state index in [1.54, 1.807) is 11.1 Å². The number of benzene rings is 1. The fraction of sp³-hybridized carbons (Fsp3) is 0.312. The lowest BCUT2D eigenvalue weighted by Gasteiger charge is -2.38. The van der Waals surface area contributed by atoms with Crippen LogP contribution in [-0.2, 0) is 0 Å². The molecular weight excluding hydrogens is 306 g/mol. The van der Waals surface area contributed by atoms with E-state index in [9.17, 15) is 4.79 Å². The number of nitrogens with zero attached hydrogens (tertiary/aromatic N) is 5. The molecule has 2 saturated heterocycles. The zero-order valence-corrected chi connectivity index (χ0v) is 13.0. The van der Waals surface area contributed by atoms with E-state index in [1.165, 1.54) is 0 Å². The summed E-state index contributed by atoms with van der Waals surface area (Å²) in [6.45, 7) is 3.09. The number of para-hydroxylation sites is 2. The van der Waals surface area contributed by atoms with Gasteiger partial charge in [-0.05, 0) is 12.1 Å². The Bertz CT molecular complexity index is 875. The number of urea groups is 1. The first-order chi connectivity index (χ1) is 11.8. The van der Waals surface area contributed by atoms with Crippen LogP contribution >= 0.6 is 0 Å². The standard InChI is InChI=1S/C16H17N7O/c24-16-17-5-6-22(16)11-7-18-23(10-11)12-8-21(9-12)15-19-13-3-1-2-4-14(13)20-15/h1-4,7,10,12H,5-6,8-9H2,(H,17,24)(H,19,20). The average molecular weight is 323 g/mol. The molecule has 4 heterocycles. The van der Waals surface area contributed by atoms with Crippen molar-refractivity contribution < 1.29 is 4.79 Å². The molecule has 2 amide bonds. The second-order valence-corrected chi connectivity index (χ2v) is 6.20. The summed E-state index contributed by atoms with van der Waals surface area (Å²) in [5, 5.41) is 7.23. The van der Waals surface area contributed by atoms with E-state index in [-0.39, 0.29) is 6.03 Å². The quantitative estimate of drug-likeness (QED) is 0.762. The molecule has 0 aliphatic carbocycles. The summed E-state index contributed by atoms with van der Waals surface area (Å²) < 4.78 is 1.94. The predicted molar refractivity (Wildman–Crippen MR) is 90.3 cm³/mol. The Morgan fingerprint density at radius 3 is 2.88 bits per heavy atom. The van der Waals surface area contributed by atoms with Crippen molar-refractivity contribution in [2.24, 2.45) is 0 Å². The van der Waals surface area contributed by atoms with E-state index in [2.05, 4.69) is 25.3 Å². The highest BCUT2D eigenvalue weighted by Crippen LogP contribution is 2.28. The van der Waals surface area contributed by atoms with Crippen LogP contribution in [0.4, 0.5) is 16.4 Å². The minimum absolute atomic E-state index is 0.0490. The van der Waals surface area contributed by atoms with Crippen molar-refractivity contribution in [2.75, 3.05) is 36.0 Å². The smallest absolute Gasteiger partial charge is 0.322 e. The lowest BCUT2D eigenvalue weighted by molar-refractivity contribution is 0.252. The summed E-state index contributed by atoms with van der Waals surface area (Å²) >= 11 is 0. The molecule has 0 saturated carbocycles. The zero-order chi connectivity index (χ0) is 16.1. The zero-order valence-electron chi connectivity index (χ0n) is 13.0. The molecule has 2 N–H and O–H groups in total. The first kappa shape index (κ1) is 13.4. The van der Waals surface area contributed by atoms with Gasteiger partial charge in [-0.25, -0.2) is 9.78 Å². The highest BCUT2D eigenvalue weighted by Gasteiger charge is 2.32. The number of anilines is 2. The molecule has 24 heavy (non-hydrogen) atoms. The normalized spacial score (nSPS) is 18.2. The number of aromatic nitrogens is 4. The lowest BCUT2D eigenvalue weighted by Crippen LogP contribution is -2.48. The Hall–Kier alpha value is -3.03. The molecule has 8 nitrogen and oxygen atoms in total. The summed E-state index contributed by atoms with van der Waals surface area (Å²) in [5.41, 5.74) is 2.89. The second-order valence-electron chi connectivity index (χ2n) is 6.20. The average Bonchev–Trinajstić information content (AvgIpc) is 3.24. The Kier molecular flexibility index (Phi) is 2.79. The second kappa shape index (κ2) is 4.98. The van der Waals surface area contributed by atoms with Crippen molar-refractivity contribution in [1.29, 1.82) is 0 Å². The van der Waals surface area contributed by atoms with E-state index >= 15 is 0 Å². The summed E-state index contributed by atoms with van der Waals surface area (Å²) in [6, 6.07) is 8.29. The molecule has 1 aromatic carbocycles. The van der Waals surface area contributed by atoms with Crippen molar-refractivity contribution in [3.8, 4) is 0 Å². The van der Waals surface area contributed by atoms with E-state index in [0.717, 1.165) is 35.8 Å². The monoisotopic (exact) mass is 323 g/mol. The minimum Gasteiger partial charge on any atom is -0.338 e. The highest BCUT2D eigenvalue weighted by molar-refractivity contribution is 5.93. The Labute approximate surface area is 138 Å². The number of hydrogen-bond donors (Lipinski definition) is 2. The molecule has 0 spiro atoms. The number of rotatable bonds is 3. The van der Waals surface area contributed by atoms with Gasteiger partial charge in [-0.15, -0.1) is 0 Å². The highest BCUT2D eigenvalue weighted by atomic mass is 16.2. The molecule has 2 aromatic heterocycles. The molecule has 0 atom stereocenters. The fourth-order valence-corrected chi connectivity index (χ4v) is 3.27. The van der Waals surface area contributed by atoms with Gasteiger partial charge in [0.15, 0.2) is 0 Å². The van der Waals surface area contributed by atoms with Crippen molar-refractivity contribution in [2.45, 2.75) is 6.04 Å². The van der Waals surface area contributed by atoms with Crippen LogP contribution in [-0.4, -0.2) is 52.0 Å². The van der Waals surface area contributed by atoms with Crippen LogP contribution < -0.4 is 15.1 Å². The Morgan fingerprint density at radius 2 is 2.08 bits per heavy atom. The number of hydrogen-bond acceptors (Lipinski definition) is 4. The number of H-pyrrole nitrogens is 1. The topological polar surface area (TPSA) is 82.1 Å². The molecule has 2 aliphatic heterocycles. The maximum atomic E-state index is 11.7. The third-order valence-electron chi connectivity index (χ3n) is 4.67. The third kappa shape index (κ3) is 2.03. The molecule has 5 rings (SSSR count). The van der Waals surface area contributed by atoms with Crippen LogP contribution in [0.15, 0.2) is 36.7 Å². The van der Waals surface area contributed by atoms with Gasteiger partial charge in [0.2, 0.25) is 5.95 Å². The van der Waals surface area contributed by atoms with Crippen molar-refractivity contribution in [1.82, 2.24) is 25.1 Å². The van der Waals surface area contributed by atoms with Crippen molar-refractivity contribution >= 4 is 28.7 Å². The molecule has 3 aromatic rings. The van der Waals surface area contributed by atoms with Gasteiger partial charge in [0.05, 0.1) is 29.0 Å². The van der Waals surface area contributed by atoms with Crippen LogP contribution in [0.2, 0.25) is 0 Å². The van der Waals surface area contributed by atoms with Gasteiger partial charge in [0.25, 0.3) is 0 Å². The molecule has 8 heteroatoms. The first-order valence-corrected chi connectivity index (χ1v) is 8.07. The van der Waals surface area contributed by atoms with E-state index < -0.39 is 0 Å². The lowest BCUT2D eigenvalue weighted by atomic mass is 10.1. The number of imidazole rings is 1. The molecule has 2 aliphatic rings. The molecule has 0 bridgehead atoms. The van der Waals surface area contributed by atoms with E-state index in [4.69, 9.17) is 0 Å². The first-order valence-electron chi connectivity index (χ1n) is 8.07. The SMILES string of the molecule is O=C1NCCN1c1cnn(C2CN(c3nc4ccccc4[nH]3)C2)c1. The Balaban J connectivity index is 1.29. The van der Waals surface area contributed by atoms with Crippen LogP contribution in [0.3, 0.4) is 0 Å². The van der Waals surface area contributed by atoms with Gasteiger partial charge in [0, 0.05) is 32.4 Å². The van der Waals surface area contributed by atoms with Crippen LogP contribution in [0, 0.1) is 0 Å². The van der Waals surface area contributed by atoms with Gasteiger partial charge in [-0.3, -0.25) is 9.58 Å². The van der Waals surface area contributed by atoms with Crippen LogP contribution in [0.1, 0.15) is 6.04 Å². The molecule has 0 radical (unpaired) electrons. The van der Waals surface area contributed by atoms with Crippen molar-refractivity contribution in [3.63, 3.8) is 0 Å². The number of fused-ring (bicyclic) bond motifs is 1. The molecular formula is C16H17N7O. The van der Waals surface area contributed by atoms with Crippen molar-refractivity contribution in [3.05, 3.63) is 36.7 Å². The van der Waals surface area contributed by atoms with Gasteiger partial charge >= 0.3 is 6.03 Å². The number of nitrogens with one attached hydrogen (secondary N) is 2. The predicted octanol–water partition coefficient (Wildman–Crippen LogP) is 1.35. The summed E-state index contributed by atoms with van der Waals surface area (Å²) in [5.74, 6) is 0.902. The fourth-order valence-electron chi connectivity index (χ4n) is 3.27. The minimum atomic E-state index is -0.0490. The molecule has 2 fully saturated rings. The number of amides is 2. The van der Waals surface area contributed by atoms with Gasteiger partial charge < -0.3 is 15.2 Å².